The Morgan fingerprint density at radius 1 is 1.23 bits per heavy atom. The Labute approximate surface area is 151 Å². The van der Waals surface area contributed by atoms with Crippen molar-refractivity contribution in [3.63, 3.8) is 0 Å². The molecule has 2 amide bonds. The molecule has 0 unspecified atom stereocenters. The van der Waals surface area contributed by atoms with E-state index in [0.29, 0.717) is 31.3 Å². The number of hydrogen-bond donors (Lipinski definition) is 1. The van der Waals surface area contributed by atoms with E-state index in [2.05, 4.69) is 10.3 Å². The smallest absolute Gasteiger partial charge is 0.322 e. The number of ether oxygens (including phenoxy) is 2. The standard InChI is InChI=1S/C19H22FN3O3/c1-25-10-11-26-18-9-6-16(12-21-18)22-19(24)23(17-7-8-17)13-14-2-4-15(20)5-3-14/h2-6,9,12,17H,7-8,10-11,13H2,1H3,(H,22,24). The molecule has 1 saturated carbocycles. The number of methoxy groups -OCH3 is 1. The second-order valence-corrected chi connectivity index (χ2v) is 6.14. The molecule has 0 spiro atoms. The van der Waals surface area contributed by atoms with Crippen molar-refractivity contribution in [2.45, 2.75) is 25.4 Å². The van der Waals surface area contributed by atoms with Crippen LogP contribution in [0.1, 0.15) is 18.4 Å². The molecule has 138 valence electrons. The van der Waals surface area contributed by atoms with Crippen LogP contribution in [0, 0.1) is 5.82 Å². The molecule has 1 fully saturated rings. The molecule has 0 aliphatic heterocycles. The van der Waals surface area contributed by atoms with E-state index in [1.807, 2.05) is 0 Å². The van der Waals surface area contributed by atoms with E-state index in [9.17, 15) is 9.18 Å². The molecule has 1 aliphatic rings. The van der Waals surface area contributed by atoms with Crippen LogP contribution in [0.4, 0.5) is 14.9 Å². The van der Waals surface area contributed by atoms with Crippen molar-refractivity contribution < 1.29 is 18.7 Å². The molecule has 1 aromatic heterocycles. The summed E-state index contributed by atoms with van der Waals surface area (Å²) in [5.41, 5.74) is 1.49. The van der Waals surface area contributed by atoms with Crippen molar-refractivity contribution in [1.29, 1.82) is 0 Å². The Bertz CT molecular complexity index is 718. The summed E-state index contributed by atoms with van der Waals surface area (Å²) in [6, 6.07) is 9.70. The average molecular weight is 359 g/mol. The van der Waals surface area contributed by atoms with Gasteiger partial charge in [-0.3, -0.25) is 0 Å². The molecule has 0 saturated heterocycles. The summed E-state index contributed by atoms with van der Waals surface area (Å²) >= 11 is 0. The van der Waals surface area contributed by atoms with Crippen LogP contribution in [0.15, 0.2) is 42.6 Å². The van der Waals surface area contributed by atoms with Crippen LogP contribution in [-0.2, 0) is 11.3 Å². The number of hydrogen-bond acceptors (Lipinski definition) is 4. The number of pyridine rings is 1. The molecular weight excluding hydrogens is 337 g/mol. The second kappa shape index (κ2) is 8.62. The number of aromatic nitrogens is 1. The van der Waals surface area contributed by atoms with Gasteiger partial charge in [-0.15, -0.1) is 0 Å². The zero-order valence-corrected chi connectivity index (χ0v) is 14.7. The summed E-state index contributed by atoms with van der Waals surface area (Å²) in [4.78, 5) is 18.6. The van der Waals surface area contributed by atoms with Gasteiger partial charge in [0.15, 0.2) is 0 Å². The highest BCUT2D eigenvalue weighted by Crippen LogP contribution is 2.29. The Morgan fingerprint density at radius 2 is 2.00 bits per heavy atom. The molecule has 2 aromatic rings. The molecule has 3 rings (SSSR count). The fourth-order valence-corrected chi connectivity index (χ4v) is 2.50. The minimum absolute atomic E-state index is 0.188. The van der Waals surface area contributed by atoms with Gasteiger partial charge < -0.3 is 19.7 Å². The van der Waals surface area contributed by atoms with E-state index in [1.165, 1.54) is 12.1 Å². The normalized spacial score (nSPS) is 13.3. The van der Waals surface area contributed by atoms with E-state index in [0.717, 1.165) is 18.4 Å². The average Bonchev–Trinajstić information content (AvgIpc) is 3.48. The molecule has 1 aliphatic carbocycles. The van der Waals surface area contributed by atoms with Crippen LogP contribution in [0.2, 0.25) is 0 Å². The molecule has 0 atom stereocenters. The molecular formula is C19H22FN3O3. The first kappa shape index (κ1) is 18.1. The number of carbonyl (C=O) groups excluding carboxylic acids is 1. The number of nitrogens with zero attached hydrogens (tertiary/aromatic N) is 2. The molecule has 0 radical (unpaired) electrons. The van der Waals surface area contributed by atoms with Gasteiger partial charge in [0.2, 0.25) is 5.88 Å². The Kier molecular flexibility index (Phi) is 6.01. The van der Waals surface area contributed by atoms with Crippen LogP contribution in [0.3, 0.4) is 0 Å². The molecule has 1 N–H and O–H groups in total. The second-order valence-electron chi connectivity index (χ2n) is 6.14. The molecule has 7 heteroatoms. The lowest BCUT2D eigenvalue weighted by Crippen LogP contribution is -2.36. The van der Waals surface area contributed by atoms with Gasteiger partial charge >= 0.3 is 6.03 Å². The third-order valence-corrected chi connectivity index (χ3v) is 4.04. The third kappa shape index (κ3) is 5.16. The summed E-state index contributed by atoms with van der Waals surface area (Å²) in [6.45, 7) is 1.35. The number of carbonyl (C=O) groups is 1. The van der Waals surface area contributed by atoms with Gasteiger partial charge in [0, 0.05) is 25.8 Å². The van der Waals surface area contributed by atoms with Crippen molar-refractivity contribution in [2.24, 2.45) is 0 Å². The van der Waals surface area contributed by atoms with Gasteiger partial charge in [-0.1, -0.05) is 12.1 Å². The summed E-state index contributed by atoms with van der Waals surface area (Å²) in [6.07, 6.45) is 3.53. The predicted molar refractivity (Wildman–Crippen MR) is 95.6 cm³/mol. The summed E-state index contributed by atoms with van der Waals surface area (Å²) in [5, 5.41) is 2.86. The maximum atomic E-state index is 13.1. The minimum atomic E-state index is -0.282. The SMILES string of the molecule is COCCOc1ccc(NC(=O)N(Cc2ccc(F)cc2)C2CC2)cn1. The quantitative estimate of drug-likeness (QED) is 0.734. The van der Waals surface area contributed by atoms with Crippen LogP contribution in [-0.4, -0.2) is 42.3 Å². The van der Waals surface area contributed by atoms with Gasteiger partial charge in [-0.2, -0.15) is 0 Å². The first-order chi connectivity index (χ1) is 12.7. The largest absolute Gasteiger partial charge is 0.475 e. The van der Waals surface area contributed by atoms with E-state index >= 15 is 0 Å². The lowest BCUT2D eigenvalue weighted by atomic mass is 10.2. The summed E-state index contributed by atoms with van der Waals surface area (Å²) < 4.78 is 23.4. The number of halogens is 1. The van der Waals surface area contributed by atoms with Crippen molar-refractivity contribution >= 4 is 11.7 Å². The van der Waals surface area contributed by atoms with E-state index in [1.54, 1.807) is 42.5 Å². The molecule has 0 bridgehead atoms. The minimum Gasteiger partial charge on any atom is -0.475 e. The molecule has 6 nitrogen and oxygen atoms in total. The molecule has 1 heterocycles. The van der Waals surface area contributed by atoms with Gasteiger partial charge in [0.05, 0.1) is 18.5 Å². The van der Waals surface area contributed by atoms with Gasteiger partial charge in [0.1, 0.15) is 12.4 Å². The predicted octanol–water partition coefficient (Wildman–Crippen LogP) is 3.44. The lowest BCUT2D eigenvalue weighted by Gasteiger charge is -2.23. The van der Waals surface area contributed by atoms with E-state index in [4.69, 9.17) is 9.47 Å². The van der Waals surface area contributed by atoms with Crippen molar-refractivity contribution in [3.05, 3.63) is 54.0 Å². The highest BCUT2D eigenvalue weighted by Gasteiger charge is 2.32. The monoisotopic (exact) mass is 359 g/mol. The van der Waals surface area contributed by atoms with Crippen molar-refractivity contribution in [1.82, 2.24) is 9.88 Å². The van der Waals surface area contributed by atoms with Crippen molar-refractivity contribution in [3.8, 4) is 5.88 Å². The van der Waals surface area contributed by atoms with E-state index in [-0.39, 0.29) is 17.9 Å². The Morgan fingerprint density at radius 3 is 2.62 bits per heavy atom. The fraction of sp³-hybridized carbons (Fsp3) is 0.368. The van der Waals surface area contributed by atoms with Crippen LogP contribution in [0.25, 0.3) is 0 Å². The zero-order chi connectivity index (χ0) is 18.4. The Balaban J connectivity index is 1.58. The summed E-state index contributed by atoms with van der Waals surface area (Å²) in [5.74, 6) is 0.195. The highest BCUT2D eigenvalue weighted by atomic mass is 19.1. The van der Waals surface area contributed by atoms with Crippen LogP contribution in [0.5, 0.6) is 5.88 Å². The van der Waals surface area contributed by atoms with Crippen LogP contribution < -0.4 is 10.1 Å². The van der Waals surface area contributed by atoms with E-state index < -0.39 is 0 Å². The van der Waals surface area contributed by atoms with Crippen LogP contribution >= 0.6 is 0 Å². The number of urea groups is 1. The highest BCUT2D eigenvalue weighted by molar-refractivity contribution is 5.89. The number of benzene rings is 1. The number of rotatable bonds is 8. The molecule has 1 aromatic carbocycles. The van der Waals surface area contributed by atoms with Gasteiger partial charge in [-0.05, 0) is 36.6 Å². The maximum Gasteiger partial charge on any atom is 0.322 e. The zero-order valence-electron chi connectivity index (χ0n) is 14.7. The third-order valence-electron chi connectivity index (χ3n) is 4.04. The first-order valence-electron chi connectivity index (χ1n) is 8.55. The van der Waals surface area contributed by atoms with Crippen molar-refractivity contribution in [2.75, 3.05) is 25.6 Å². The fourth-order valence-electron chi connectivity index (χ4n) is 2.50. The van der Waals surface area contributed by atoms with Gasteiger partial charge in [0.25, 0.3) is 0 Å². The maximum absolute atomic E-state index is 13.1. The number of anilines is 1. The van der Waals surface area contributed by atoms with Gasteiger partial charge in [-0.25, -0.2) is 14.2 Å². The lowest BCUT2D eigenvalue weighted by molar-refractivity contribution is 0.144. The Hall–Kier alpha value is -2.67. The topological polar surface area (TPSA) is 63.7 Å². The molecule has 26 heavy (non-hydrogen) atoms. The summed E-state index contributed by atoms with van der Waals surface area (Å²) in [7, 11) is 1.60. The number of amides is 2. The number of nitrogens with one attached hydrogen (secondary N) is 1. The first-order valence-corrected chi connectivity index (χ1v) is 8.55.